The average molecular weight is 476 g/mol. The minimum atomic E-state index is -0.140. The average Bonchev–Trinajstić information content (AvgIpc) is 3.22. The van der Waals surface area contributed by atoms with Gasteiger partial charge in [-0.25, -0.2) is 4.99 Å². The lowest BCUT2D eigenvalue weighted by Gasteiger charge is -2.12. The van der Waals surface area contributed by atoms with Gasteiger partial charge < -0.3 is 9.88 Å². The molecule has 5 aromatic rings. The van der Waals surface area contributed by atoms with Gasteiger partial charge in [-0.1, -0.05) is 108 Å². The van der Waals surface area contributed by atoms with Gasteiger partial charge in [-0.3, -0.25) is 4.79 Å². The van der Waals surface area contributed by atoms with Crippen molar-refractivity contribution >= 4 is 27.9 Å². The van der Waals surface area contributed by atoms with E-state index in [1.165, 1.54) is 16.9 Å². The summed E-state index contributed by atoms with van der Waals surface area (Å²) in [6, 6.07) is 37.9. The van der Waals surface area contributed by atoms with Crippen LogP contribution in [0, 0.1) is 6.92 Å². The number of thiazole rings is 1. The predicted octanol–water partition coefficient (Wildman–Crippen LogP) is 7.06. The lowest BCUT2D eigenvalue weighted by molar-refractivity contribution is 0.102. The second-order valence-corrected chi connectivity index (χ2v) is 9.25. The first kappa shape index (κ1) is 22.6. The van der Waals surface area contributed by atoms with E-state index < -0.39 is 0 Å². The topological polar surface area (TPSA) is 46.4 Å². The van der Waals surface area contributed by atoms with E-state index in [2.05, 4.69) is 53.2 Å². The number of hydrogen-bond donors (Lipinski definition) is 1. The minimum absolute atomic E-state index is 0.140. The summed E-state index contributed by atoms with van der Waals surface area (Å²) in [7, 11) is 0. The molecule has 1 N–H and O–H groups in total. The standard InChI is InChI=1S/C30H25N3OS/c1-22-17-19-24(20-18-22)27-29(32-28(34)25-13-7-3-8-14-25)35-30(31-26-15-9-4-10-16-26)33(27)21-23-11-5-2-6-12-23/h2-20H,21H2,1H3,(H,32,34). The molecule has 1 aromatic heterocycles. The van der Waals surface area contributed by atoms with Gasteiger partial charge >= 0.3 is 0 Å². The van der Waals surface area contributed by atoms with Gasteiger partial charge in [-0.15, -0.1) is 0 Å². The number of para-hydroxylation sites is 1. The lowest BCUT2D eigenvalue weighted by atomic mass is 10.1. The van der Waals surface area contributed by atoms with Crippen LogP contribution in [0.1, 0.15) is 21.5 Å². The van der Waals surface area contributed by atoms with Crippen LogP contribution in [-0.2, 0) is 6.54 Å². The molecule has 35 heavy (non-hydrogen) atoms. The van der Waals surface area contributed by atoms with Crippen molar-refractivity contribution in [2.45, 2.75) is 13.5 Å². The Labute approximate surface area is 208 Å². The first-order chi connectivity index (χ1) is 17.2. The molecule has 0 saturated heterocycles. The minimum Gasteiger partial charge on any atom is -0.312 e. The Morgan fingerprint density at radius 3 is 2.06 bits per heavy atom. The number of aromatic nitrogens is 1. The molecule has 4 aromatic carbocycles. The van der Waals surface area contributed by atoms with E-state index in [9.17, 15) is 4.79 Å². The van der Waals surface area contributed by atoms with Gasteiger partial charge in [0, 0.05) is 11.1 Å². The largest absolute Gasteiger partial charge is 0.312 e. The molecular weight excluding hydrogens is 450 g/mol. The Hall–Kier alpha value is -4.22. The monoisotopic (exact) mass is 475 g/mol. The van der Waals surface area contributed by atoms with Crippen molar-refractivity contribution in [2.24, 2.45) is 4.99 Å². The van der Waals surface area contributed by atoms with Crippen LogP contribution in [0.25, 0.3) is 11.3 Å². The fourth-order valence-electron chi connectivity index (χ4n) is 3.87. The first-order valence-corrected chi connectivity index (χ1v) is 12.3. The van der Waals surface area contributed by atoms with Crippen LogP contribution in [0.4, 0.5) is 10.7 Å². The number of hydrogen-bond acceptors (Lipinski definition) is 3. The molecular formula is C30H25N3OS. The van der Waals surface area contributed by atoms with Crippen molar-refractivity contribution in [3.63, 3.8) is 0 Å². The second-order valence-electron chi connectivity index (χ2n) is 8.27. The SMILES string of the molecule is Cc1ccc(-c2c(NC(=O)c3ccccc3)sc(=Nc3ccccc3)n2Cc2ccccc2)cc1. The predicted molar refractivity (Wildman–Crippen MR) is 144 cm³/mol. The van der Waals surface area contributed by atoms with Crippen molar-refractivity contribution in [3.05, 3.63) is 137 Å². The normalized spacial score (nSPS) is 11.4. The van der Waals surface area contributed by atoms with Crippen LogP contribution < -0.4 is 10.1 Å². The highest BCUT2D eigenvalue weighted by atomic mass is 32.1. The number of anilines is 1. The van der Waals surface area contributed by atoms with Crippen molar-refractivity contribution in [1.82, 2.24) is 4.57 Å². The van der Waals surface area contributed by atoms with Crippen molar-refractivity contribution in [3.8, 4) is 11.3 Å². The second kappa shape index (κ2) is 10.4. The molecule has 1 heterocycles. The summed E-state index contributed by atoms with van der Waals surface area (Å²) in [5.41, 5.74) is 5.80. The Bertz CT molecular complexity index is 1490. The van der Waals surface area contributed by atoms with E-state index in [-0.39, 0.29) is 5.91 Å². The molecule has 0 aliphatic rings. The maximum absolute atomic E-state index is 13.1. The fourth-order valence-corrected chi connectivity index (χ4v) is 4.94. The quantitative estimate of drug-likeness (QED) is 0.281. The lowest BCUT2D eigenvalue weighted by Crippen LogP contribution is -2.17. The van der Waals surface area contributed by atoms with Gasteiger partial charge in [0.25, 0.3) is 5.91 Å². The molecule has 0 bridgehead atoms. The van der Waals surface area contributed by atoms with Gasteiger partial charge in [0.1, 0.15) is 5.00 Å². The molecule has 0 fully saturated rings. The molecule has 0 aliphatic heterocycles. The third-order valence-corrected chi connectivity index (χ3v) is 6.66. The highest BCUT2D eigenvalue weighted by Gasteiger charge is 2.19. The molecule has 0 atom stereocenters. The maximum Gasteiger partial charge on any atom is 0.256 e. The number of benzene rings is 4. The maximum atomic E-state index is 13.1. The number of carbonyl (C=O) groups excluding carboxylic acids is 1. The Balaban J connectivity index is 1.70. The fraction of sp³-hybridized carbons (Fsp3) is 0.0667. The number of amides is 1. The molecule has 0 aliphatic carbocycles. The number of carbonyl (C=O) groups is 1. The van der Waals surface area contributed by atoms with Crippen molar-refractivity contribution < 1.29 is 4.79 Å². The zero-order valence-electron chi connectivity index (χ0n) is 19.4. The van der Waals surface area contributed by atoms with Crippen LogP contribution in [0.5, 0.6) is 0 Å². The molecule has 0 unspecified atom stereocenters. The zero-order valence-corrected chi connectivity index (χ0v) is 20.2. The van der Waals surface area contributed by atoms with E-state index in [1.54, 1.807) is 0 Å². The van der Waals surface area contributed by atoms with E-state index in [4.69, 9.17) is 4.99 Å². The molecule has 4 nitrogen and oxygen atoms in total. The first-order valence-electron chi connectivity index (χ1n) is 11.5. The van der Waals surface area contributed by atoms with Gasteiger partial charge in [0.2, 0.25) is 0 Å². The third-order valence-electron chi connectivity index (χ3n) is 5.66. The van der Waals surface area contributed by atoms with Gasteiger partial charge in [-0.05, 0) is 36.8 Å². The molecule has 0 saturated carbocycles. The summed E-state index contributed by atoms with van der Waals surface area (Å²) in [5, 5.41) is 3.94. The summed E-state index contributed by atoms with van der Waals surface area (Å²) in [5.74, 6) is -0.140. The van der Waals surface area contributed by atoms with Crippen LogP contribution in [0.3, 0.4) is 0 Å². The molecule has 5 heteroatoms. The van der Waals surface area contributed by atoms with E-state index in [1.807, 2.05) is 78.9 Å². The molecule has 0 spiro atoms. The van der Waals surface area contributed by atoms with Gasteiger partial charge in [0.05, 0.1) is 17.9 Å². The van der Waals surface area contributed by atoms with E-state index in [0.717, 1.165) is 32.3 Å². The highest BCUT2D eigenvalue weighted by molar-refractivity contribution is 7.14. The highest BCUT2D eigenvalue weighted by Crippen LogP contribution is 2.32. The third kappa shape index (κ3) is 5.31. The van der Waals surface area contributed by atoms with Gasteiger partial charge in [-0.2, -0.15) is 0 Å². The smallest absolute Gasteiger partial charge is 0.256 e. The molecule has 0 radical (unpaired) electrons. The van der Waals surface area contributed by atoms with Crippen molar-refractivity contribution in [1.29, 1.82) is 0 Å². The number of aryl methyl sites for hydroxylation is 1. The van der Waals surface area contributed by atoms with Gasteiger partial charge in [0.15, 0.2) is 4.80 Å². The molecule has 172 valence electrons. The van der Waals surface area contributed by atoms with E-state index in [0.29, 0.717) is 12.1 Å². The van der Waals surface area contributed by atoms with Crippen LogP contribution in [0.2, 0.25) is 0 Å². The van der Waals surface area contributed by atoms with Crippen LogP contribution >= 0.6 is 11.3 Å². The number of nitrogens with one attached hydrogen (secondary N) is 1. The Morgan fingerprint density at radius 2 is 1.40 bits per heavy atom. The summed E-state index contributed by atoms with van der Waals surface area (Å²) in [4.78, 5) is 18.9. The molecule has 1 amide bonds. The Kier molecular flexibility index (Phi) is 6.68. The summed E-state index contributed by atoms with van der Waals surface area (Å²) in [6.45, 7) is 2.71. The number of rotatable bonds is 6. The Morgan fingerprint density at radius 1 is 0.800 bits per heavy atom. The van der Waals surface area contributed by atoms with E-state index >= 15 is 0 Å². The number of nitrogens with zero attached hydrogens (tertiary/aromatic N) is 2. The van der Waals surface area contributed by atoms with Crippen molar-refractivity contribution in [2.75, 3.05) is 5.32 Å². The zero-order chi connectivity index (χ0) is 24.0. The van der Waals surface area contributed by atoms with Crippen LogP contribution in [0.15, 0.2) is 120 Å². The van der Waals surface area contributed by atoms with Crippen LogP contribution in [-0.4, -0.2) is 10.5 Å². The summed E-state index contributed by atoms with van der Waals surface area (Å²) in [6.07, 6.45) is 0. The summed E-state index contributed by atoms with van der Waals surface area (Å²) >= 11 is 1.49. The summed E-state index contributed by atoms with van der Waals surface area (Å²) < 4.78 is 2.19. The molecule has 5 rings (SSSR count).